The van der Waals surface area contributed by atoms with Gasteiger partial charge in [0.1, 0.15) is 103 Å². The van der Waals surface area contributed by atoms with Gasteiger partial charge >= 0.3 is 0 Å². The first-order valence-electron chi connectivity index (χ1n) is 38.8. The smallest absolute Gasteiger partial charge is 0.260 e. The van der Waals surface area contributed by atoms with Crippen molar-refractivity contribution in [2.75, 3.05) is 36.1 Å². The van der Waals surface area contributed by atoms with Gasteiger partial charge in [0, 0.05) is 103 Å². The van der Waals surface area contributed by atoms with E-state index in [0.29, 0.717) is 83.7 Å². The summed E-state index contributed by atoms with van der Waals surface area (Å²) < 4.78 is 108. The van der Waals surface area contributed by atoms with Gasteiger partial charge in [-0.3, -0.25) is 38.4 Å². The number of nitrogens with two attached hydrogens (primary N) is 8. The quantitative estimate of drug-likeness (QED) is 0.0236. The van der Waals surface area contributed by atoms with Crippen LogP contribution in [0.2, 0.25) is 0 Å². The molecule has 13 rings (SSSR count). The summed E-state index contributed by atoms with van der Waals surface area (Å²) in [5.74, 6) is -7.38. The summed E-state index contributed by atoms with van der Waals surface area (Å²) in [7, 11) is 0. The van der Waals surface area contributed by atoms with Crippen molar-refractivity contribution in [3.8, 4) is 45.0 Å². The number of benzene rings is 8. The summed E-state index contributed by atoms with van der Waals surface area (Å²) in [6.45, 7) is 14.2. The van der Waals surface area contributed by atoms with Gasteiger partial charge in [-0.15, -0.1) is 0 Å². The zero-order valence-electron chi connectivity index (χ0n) is 68.4. The van der Waals surface area contributed by atoms with Crippen molar-refractivity contribution in [3.05, 3.63) is 282 Å². The minimum atomic E-state index is -2.71. The fourth-order valence-corrected chi connectivity index (χ4v) is 13.5. The first-order valence-corrected chi connectivity index (χ1v) is 38.8. The van der Waals surface area contributed by atoms with Crippen LogP contribution >= 0.6 is 0 Å². The van der Waals surface area contributed by atoms with Crippen LogP contribution in [0.5, 0.6) is 0 Å². The molecule has 0 aliphatic carbocycles. The van der Waals surface area contributed by atoms with Gasteiger partial charge in [-0.25, -0.2) is 49.5 Å². The van der Waals surface area contributed by atoms with Gasteiger partial charge in [0.25, 0.3) is 53.7 Å². The highest BCUT2D eigenvalue weighted by atomic mass is 19.3. The average molecular weight is 1710 g/mol. The number of nitrogen functional groups attached to an aromatic ring is 4. The number of alkyl halides is 2. The van der Waals surface area contributed by atoms with Crippen molar-refractivity contribution in [3.63, 3.8) is 0 Å². The highest BCUT2D eigenvalue weighted by molar-refractivity contribution is 6.06. The molecule has 1 aliphatic heterocycles. The number of carbonyl (C=O) groups is 8. The van der Waals surface area contributed by atoms with Gasteiger partial charge in [-0.2, -0.15) is 20.4 Å². The van der Waals surface area contributed by atoms with Crippen LogP contribution in [0, 0.1) is 56.8 Å². The SMILES string of the molecule is CCn1nc(-c2ccc(CNC(=O)c3cc(F)ccc3C)cc2F)c(C(N)=O)c1N.CCn1nc(-c2ccc(CNC(=O)c3ccccc3C)cc2F)c(C(N)=O)c1N.Cc1ccc(F)cc1C(=O)NCc1ccc(-c2nn(C3CCOCC3)c(N)c2C(N)=O)cc1F.Cc1ccccc1C(=O)NCc1ccc(-c2nn(C(C)C(F)F)c(N)c2C(N)=O)cc1. The maximum Gasteiger partial charge on any atom is 0.260 e. The van der Waals surface area contributed by atoms with Gasteiger partial charge in [0.15, 0.2) is 0 Å². The summed E-state index contributed by atoms with van der Waals surface area (Å²) in [4.78, 5) is 97.0. The molecule has 12 aromatic rings. The fraction of sp³-hybridized carbons (Fsp3) is 0.227. The van der Waals surface area contributed by atoms with Crippen molar-refractivity contribution >= 4 is 70.5 Å². The largest absolute Gasteiger partial charge is 0.383 e. The number of hydrogen-bond donors (Lipinski definition) is 12. The highest BCUT2D eigenvalue weighted by Gasteiger charge is 2.31. The fourth-order valence-electron chi connectivity index (χ4n) is 13.5. The number of nitrogens with zero attached hydrogens (tertiary/aromatic N) is 8. The molecule has 36 heteroatoms. The van der Waals surface area contributed by atoms with Crippen molar-refractivity contribution in [1.29, 1.82) is 0 Å². The third kappa shape index (κ3) is 21.2. The third-order valence-corrected chi connectivity index (χ3v) is 20.3. The van der Waals surface area contributed by atoms with Gasteiger partial charge in [0.05, 0.1) is 6.04 Å². The minimum Gasteiger partial charge on any atom is -0.383 e. The molecular formula is C88H91F7N20O9. The van der Waals surface area contributed by atoms with Crippen molar-refractivity contribution in [2.24, 2.45) is 22.9 Å². The predicted octanol–water partition coefficient (Wildman–Crippen LogP) is 11.8. The molecule has 0 saturated carbocycles. The van der Waals surface area contributed by atoms with E-state index in [9.17, 15) is 69.1 Å². The van der Waals surface area contributed by atoms with Crippen LogP contribution in [0.25, 0.3) is 45.0 Å². The van der Waals surface area contributed by atoms with E-state index in [4.69, 9.17) is 50.6 Å². The molecule has 29 nitrogen and oxygen atoms in total. The topological polar surface area (TPSA) is 473 Å². The Kier molecular flexibility index (Phi) is 29.8. The number of anilines is 4. The molecule has 0 radical (unpaired) electrons. The lowest BCUT2D eigenvalue weighted by Gasteiger charge is -2.23. The molecule has 1 saturated heterocycles. The zero-order chi connectivity index (χ0) is 90.2. The maximum absolute atomic E-state index is 14.9. The van der Waals surface area contributed by atoms with E-state index < -0.39 is 77.0 Å². The Bertz CT molecular complexity index is 6040. The molecule has 1 atom stereocenters. The van der Waals surface area contributed by atoms with Crippen LogP contribution in [-0.2, 0) is 44.0 Å². The number of ether oxygens (including phenoxy) is 1. The summed E-state index contributed by atoms with van der Waals surface area (Å²) >= 11 is 0. The predicted molar refractivity (Wildman–Crippen MR) is 453 cm³/mol. The molecule has 1 aliphatic rings. The second kappa shape index (κ2) is 40.4. The summed E-state index contributed by atoms with van der Waals surface area (Å²) in [5.41, 5.74) is 53.6. The standard InChI is InChI=1S/C24H25F2N5O3.C22H23F2N5O2.C21H21F2N5O2.C21H22FN5O2/c1-13-2-5-16(25)11-18(13)24(33)29-12-15-4-3-14(10-19(15)26)21-20(23(28)32)22(27)31(30-21)17-6-8-34-9-7-17;1-12-5-3-4-6-16(12)22(31)27-11-14-7-9-15(10-8-14)18-17(21(26)30)20(25)29(28-18)13(2)19(23)24;1-3-28-19(24)17(20(25)29)18(27-28)14-7-5-12(8-16(14)23)10-26-21(30)15-9-13(22)6-4-11(15)2;1-3-27-19(23)17(20(24)28)18(26-27)15-9-8-13(10-16(15)22)11-25-21(29)14-7-5-4-6-12(14)2/h2-5,10-11,17H,6-9,12,27H2,1H3,(H2,28,32)(H,29,33);3-10,13,19H,11,25H2,1-2H3,(H2,26,30)(H,27,31);4-9H,3,10,24H2,1-2H3,(H2,25,29)(H,26,30);4-10H,3,11,23H2,1-2H3,(H2,24,28)(H,25,29). The van der Waals surface area contributed by atoms with Crippen LogP contribution in [-0.4, -0.2) is 106 Å². The van der Waals surface area contributed by atoms with E-state index in [1.807, 2.05) is 38.1 Å². The Morgan fingerprint density at radius 1 is 0.419 bits per heavy atom. The Hall–Kier alpha value is -15.0. The lowest BCUT2D eigenvalue weighted by Crippen LogP contribution is -2.24. The number of nitrogens with one attached hydrogen (secondary N) is 4. The van der Waals surface area contributed by atoms with E-state index >= 15 is 0 Å². The summed E-state index contributed by atoms with van der Waals surface area (Å²) in [6.07, 6.45) is -1.35. The molecule has 5 heterocycles. The second-order valence-electron chi connectivity index (χ2n) is 28.7. The van der Waals surface area contributed by atoms with Gasteiger partial charge in [-0.1, -0.05) is 97.1 Å². The normalized spacial score (nSPS) is 12.0. The summed E-state index contributed by atoms with van der Waals surface area (Å²) in [5, 5.41) is 27.9. The lowest BCUT2D eigenvalue weighted by molar-refractivity contribution is 0.0669. The first kappa shape index (κ1) is 91.3. The van der Waals surface area contributed by atoms with Crippen LogP contribution < -0.4 is 67.1 Å². The summed E-state index contributed by atoms with van der Waals surface area (Å²) in [6, 6.07) is 40.8. The number of primary amides is 4. The van der Waals surface area contributed by atoms with Crippen molar-refractivity contribution in [2.45, 2.75) is 119 Å². The van der Waals surface area contributed by atoms with Crippen molar-refractivity contribution < 1.29 is 73.8 Å². The molecule has 20 N–H and O–H groups in total. The molecule has 1 unspecified atom stereocenters. The van der Waals surface area contributed by atoms with E-state index in [2.05, 4.69) is 41.7 Å². The Balaban J connectivity index is 0.000000173. The maximum atomic E-state index is 14.9. The van der Waals surface area contributed by atoms with Crippen LogP contribution in [0.3, 0.4) is 0 Å². The molecule has 4 aromatic heterocycles. The van der Waals surface area contributed by atoms with Gasteiger partial charge < -0.3 is 71.9 Å². The lowest BCUT2D eigenvalue weighted by atomic mass is 10.0. The van der Waals surface area contributed by atoms with E-state index in [1.165, 1.54) is 77.0 Å². The van der Waals surface area contributed by atoms with Gasteiger partial charge in [0.2, 0.25) is 0 Å². The van der Waals surface area contributed by atoms with E-state index in [-0.39, 0.29) is 140 Å². The van der Waals surface area contributed by atoms with Crippen LogP contribution in [0.4, 0.5) is 54.0 Å². The Labute approximate surface area is 706 Å². The molecule has 1 fully saturated rings. The molecule has 8 aromatic carbocycles. The number of aryl methyl sites for hydroxylation is 6. The molecule has 8 amide bonds. The average Bonchev–Trinajstić information content (AvgIpc) is 1.63. The molecule has 646 valence electrons. The monoisotopic (exact) mass is 1700 g/mol. The molecular weight excluding hydrogens is 1610 g/mol. The number of hydrogen-bond acceptors (Lipinski definition) is 17. The third-order valence-electron chi connectivity index (χ3n) is 20.3. The molecule has 0 spiro atoms. The Morgan fingerprint density at radius 3 is 1.23 bits per heavy atom. The number of aromatic nitrogens is 8. The molecule has 0 bridgehead atoms. The second-order valence-corrected chi connectivity index (χ2v) is 28.7. The zero-order valence-corrected chi connectivity index (χ0v) is 68.4. The first-order chi connectivity index (χ1) is 59.0. The number of halogens is 7. The minimum absolute atomic E-state index is 0.00800. The highest BCUT2D eigenvalue weighted by Crippen LogP contribution is 2.36. The van der Waals surface area contributed by atoms with Crippen LogP contribution in [0.1, 0.15) is 173 Å². The number of rotatable bonds is 25. The van der Waals surface area contributed by atoms with Crippen LogP contribution in [0.15, 0.2) is 164 Å². The number of carbonyl (C=O) groups excluding carboxylic acids is 8. The van der Waals surface area contributed by atoms with E-state index in [1.54, 1.807) is 99.1 Å². The van der Waals surface area contributed by atoms with Gasteiger partial charge in [-0.05, 0) is 167 Å². The van der Waals surface area contributed by atoms with Crippen molar-refractivity contribution in [1.82, 2.24) is 60.4 Å². The Morgan fingerprint density at radius 2 is 0.806 bits per heavy atom. The van der Waals surface area contributed by atoms with E-state index in [0.717, 1.165) is 33.5 Å². The number of amides is 8. The molecule has 124 heavy (non-hydrogen) atoms.